The molecule has 116 valence electrons. The molecule has 0 spiro atoms. The van der Waals surface area contributed by atoms with Crippen LogP contribution in [0.15, 0.2) is 35.1 Å². The van der Waals surface area contributed by atoms with E-state index in [2.05, 4.69) is 44.6 Å². The largest absolute Gasteiger partial charge is 0.289 e. The maximum Gasteiger partial charge on any atom is 0.270 e. The minimum atomic E-state index is 0.128. The highest BCUT2D eigenvalue weighted by molar-refractivity contribution is 5.45. The highest BCUT2D eigenvalue weighted by Crippen LogP contribution is 2.66. The molecule has 1 aromatic heterocycles. The van der Waals surface area contributed by atoms with E-state index in [-0.39, 0.29) is 16.4 Å². The van der Waals surface area contributed by atoms with Gasteiger partial charge in [-0.3, -0.25) is 9.48 Å². The Balaban J connectivity index is 1.88. The fraction of sp³-hybridized carbons (Fsp3) is 0.526. The number of benzene rings is 1. The third-order valence-corrected chi connectivity index (χ3v) is 6.68. The highest BCUT2D eigenvalue weighted by Gasteiger charge is 2.62. The monoisotopic (exact) mass is 296 g/mol. The first kappa shape index (κ1) is 13.9. The van der Waals surface area contributed by atoms with Crippen molar-refractivity contribution in [2.24, 2.45) is 12.5 Å². The van der Waals surface area contributed by atoms with E-state index in [0.29, 0.717) is 12.5 Å². The number of rotatable bonds is 2. The molecule has 0 radical (unpaired) electrons. The van der Waals surface area contributed by atoms with Crippen LogP contribution >= 0.6 is 0 Å². The van der Waals surface area contributed by atoms with Crippen LogP contribution in [0.1, 0.15) is 56.4 Å². The maximum absolute atomic E-state index is 13.0. The molecule has 2 aliphatic rings. The molecule has 1 aromatic carbocycles. The lowest BCUT2D eigenvalue weighted by atomic mass is 9.70. The number of aromatic nitrogens is 2. The summed E-state index contributed by atoms with van der Waals surface area (Å²) in [5, 5.41) is 0. The zero-order chi connectivity index (χ0) is 15.7. The van der Waals surface area contributed by atoms with Gasteiger partial charge in [-0.2, -0.15) is 0 Å². The quantitative estimate of drug-likeness (QED) is 0.834. The van der Waals surface area contributed by atoms with Crippen molar-refractivity contribution in [2.45, 2.75) is 51.5 Å². The number of fused-ring (bicyclic) bond motifs is 5. The van der Waals surface area contributed by atoms with E-state index in [4.69, 9.17) is 0 Å². The predicted octanol–water partition coefficient (Wildman–Crippen LogP) is 3.41. The van der Waals surface area contributed by atoms with Crippen LogP contribution in [0.25, 0.3) is 0 Å². The van der Waals surface area contributed by atoms with Gasteiger partial charge < -0.3 is 0 Å². The van der Waals surface area contributed by atoms with Crippen LogP contribution in [-0.2, 0) is 19.0 Å². The maximum atomic E-state index is 13.0. The topological polar surface area (TPSA) is 26.9 Å². The van der Waals surface area contributed by atoms with Gasteiger partial charge in [0.1, 0.15) is 0 Å². The first-order valence-corrected chi connectivity index (χ1v) is 8.22. The molecule has 2 atom stereocenters. The van der Waals surface area contributed by atoms with Gasteiger partial charge in [-0.05, 0) is 29.7 Å². The van der Waals surface area contributed by atoms with E-state index in [1.165, 1.54) is 17.7 Å². The third kappa shape index (κ3) is 1.44. The Morgan fingerprint density at radius 1 is 1.18 bits per heavy atom. The summed E-state index contributed by atoms with van der Waals surface area (Å²) in [6.07, 6.45) is 2.35. The van der Waals surface area contributed by atoms with Gasteiger partial charge in [-0.1, -0.05) is 51.1 Å². The second kappa shape index (κ2) is 4.15. The summed E-state index contributed by atoms with van der Waals surface area (Å²) in [5.41, 5.74) is 4.11. The van der Waals surface area contributed by atoms with E-state index < -0.39 is 0 Å². The first-order valence-electron chi connectivity index (χ1n) is 8.22. The molecule has 4 rings (SSSR count). The van der Waals surface area contributed by atoms with Crippen LogP contribution < -0.4 is 5.56 Å². The summed E-state index contributed by atoms with van der Waals surface area (Å²) >= 11 is 0. The van der Waals surface area contributed by atoms with E-state index >= 15 is 0 Å². The van der Waals surface area contributed by atoms with Gasteiger partial charge >= 0.3 is 0 Å². The van der Waals surface area contributed by atoms with Gasteiger partial charge in [0.2, 0.25) is 0 Å². The number of nitrogens with zero attached hydrogens (tertiary/aromatic N) is 2. The summed E-state index contributed by atoms with van der Waals surface area (Å²) in [4.78, 5) is 13.0. The minimum Gasteiger partial charge on any atom is -0.289 e. The molecule has 0 N–H and O–H groups in total. The second-order valence-electron chi connectivity index (χ2n) is 7.78. The van der Waals surface area contributed by atoms with Crippen LogP contribution in [0.5, 0.6) is 0 Å². The van der Waals surface area contributed by atoms with Crippen molar-refractivity contribution in [1.82, 2.24) is 9.36 Å². The van der Waals surface area contributed by atoms with Crippen LogP contribution in [0.4, 0.5) is 0 Å². The molecule has 2 aromatic rings. The van der Waals surface area contributed by atoms with Crippen molar-refractivity contribution in [2.75, 3.05) is 0 Å². The smallest absolute Gasteiger partial charge is 0.270 e. The van der Waals surface area contributed by atoms with Crippen molar-refractivity contribution in [3.05, 3.63) is 57.5 Å². The Morgan fingerprint density at radius 2 is 1.86 bits per heavy atom. The van der Waals surface area contributed by atoms with E-state index in [9.17, 15) is 4.79 Å². The molecule has 2 bridgehead atoms. The van der Waals surface area contributed by atoms with Crippen molar-refractivity contribution < 1.29 is 0 Å². The zero-order valence-electron chi connectivity index (χ0n) is 13.9. The molecule has 0 amide bonds. The summed E-state index contributed by atoms with van der Waals surface area (Å²) in [6.45, 7) is 7.69. The number of hydrogen-bond donors (Lipinski definition) is 0. The van der Waals surface area contributed by atoms with Crippen molar-refractivity contribution in [3.8, 4) is 0 Å². The summed E-state index contributed by atoms with van der Waals surface area (Å²) in [7, 11) is 2.06. The van der Waals surface area contributed by atoms with Gasteiger partial charge in [0.15, 0.2) is 0 Å². The molecule has 2 aliphatic carbocycles. The average molecular weight is 296 g/mol. The lowest BCUT2D eigenvalue weighted by molar-refractivity contribution is 0.215. The Morgan fingerprint density at radius 3 is 2.50 bits per heavy atom. The Hall–Kier alpha value is -1.77. The SMILES string of the molecule is Cn1c2c(c(=O)n1Cc1ccccc1)[C@H]1CC[C@]2(C)C1(C)C. The standard InChI is InChI=1S/C19H24N2O/c1-18(2)14-10-11-19(18,3)16-15(14)17(22)21(20(16)4)12-13-8-6-5-7-9-13/h5-9,14H,10-12H2,1-4H3/t14-,19+/m1/s1. The first-order chi connectivity index (χ1) is 10.4. The minimum absolute atomic E-state index is 0.128. The van der Waals surface area contributed by atoms with Gasteiger partial charge in [0, 0.05) is 18.0 Å². The lowest BCUT2D eigenvalue weighted by Crippen LogP contribution is -2.35. The molecule has 0 aliphatic heterocycles. The molecule has 3 nitrogen and oxygen atoms in total. The Kier molecular flexibility index (Phi) is 2.62. The summed E-state index contributed by atoms with van der Waals surface area (Å²) < 4.78 is 4.07. The molecule has 1 fully saturated rings. The van der Waals surface area contributed by atoms with Gasteiger partial charge in [-0.15, -0.1) is 0 Å². The van der Waals surface area contributed by atoms with Crippen LogP contribution in [0.3, 0.4) is 0 Å². The van der Waals surface area contributed by atoms with Gasteiger partial charge in [0.05, 0.1) is 12.2 Å². The predicted molar refractivity (Wildman–Crippen MR) is 88.3 cm³/mol. The molecular formula is C19H24N2O. The third-order valence-electron chi connectivity index (χ3n) is 6.68. The molecule has 22 heavy (non-hydrogen) atoms. The molecule has 0 unspecified atom stereocenters. The summed E-state index contributed by atoms with van der Waals surface area (Å²) in [6, 6.07) is 10.3. The average Bonchev–Trinajstić information content (AvgIpc) is 2.94. The van der Waals surface area contributed by atoms with Crippen molar-refractivity contribution >= 4 is 0 Å². The van der Waals surface area contributed by atoms with E-state index in [1.54, 1.807) is 0 Å². The van der Waals surface area contributed by atoms with Gasteiger partial charge in [-0.25, -0.2) is 4.68 Å². The molecular weight excluding hydrogens is 272 g/mol. The van der Waals surface area contributed by atoms with Crippen LogP contribution in [0.2, 0.25) is 0 Å². The summed E-state index contributed by atoms with van der Waals surface area (Å²) in [5.74, 6) is 0.420. The Labute approximate surface area is 131 Å². The van der Waals surface area contributed by atoms with Crippen LogP contribution in [-0.4, -0.2) is 9.36 Å². The van der Waals surface area contributed by atoms with Crippen molar-refractivity contribution in [3.63, 3.8) is 0 Å². The normalized spacial score (nSPS) is 28.1. The second-order valence-corrected chi connectivity index (χ2v) is 7.78. The molecule has 3 heteroatoms. The highest BCUT2D eigenvalue weighted by atomic mass is 16.1. The molecule has 1 heterocycles. The fourth-order valence-corrected chi connectivity index (χ4v) is 5.00. The Bertz CT molecular complexity index is 797. The zero-order valence-corrected chi connectivity index (χ0v) is 13.9. The van der Waals surface area contributed by atoms with E-state index in [1.807, 2.05) is 22.9 Å². The van der Waals surface area contributed by atoms with Gasteiger partial charge in [0.25, 0.3) is 5.56 Å². The molecule has 0 saturated heterocycles. The van der Waals surface area contributed by atoms with Crippen LogP contribution in [0, 0.1) is 5.41 Å². The lowest BCUT2D eigenvalue weighted by Gasteiger charge is -2.36. The fourth-order valence-electron chi connectivity index (χ4n) is 5.00. The van der Waals surface area contributed by atoms with E-state index in [0.717, 1.165) is 12.0 Å². The molecule has 1 saturated carbocycles. The van der Waals surface area contributed by atoms with Crippen molar-refractivity contribution in [1.29, 1.82) is 0 Å². The number of hydrogen-bond acceptors (Lipinski definition) is 1.